The maximum atomic E-state index is 9.31. The first kappa shape index (κ1) is 15.4. The van der Waals surface area contributed by atoms with Crippen LogP contribution in [-0.4, -0.2) is 23.9 Å². The van der Waals surface area contributed by atoms with Gasteiger partial charge in [-0.05, 0) is 59.2 Å². The topological polar surface area (TPSA) is 32.3 Å². The molecule has 0 heterocycles. The number of hydrogen-bond acceptors (Lipinski definition) is 3. The third-order valence-electron chi connectivity index (χ3n) is 3.10. The Morgan fingerprint density at radius 1 is 1.15 bits per heavy atom. The highest BCUT2D eigenvalue weighted by Crippen LogP contribution is 2.27. The van der Waals surface area contributed by atoms with Crippen molar-refractivity contribution in [2.24, 2.45) is 0 Å². The summed E-state index contributed by atoms with van der Waals surface area (Å²) in [6, 6.07) is 16.1. The van der Waals surface area contributed by atoms with Gasteiger partial charge in [0.2, 0.25) is 0 Å². The highest BCUT2D eigenvalue weighted by atomic mass is 79.9. The second-order valence-electron chi connectivity index (χ2n) is 4.60. The molecule has 106 valence electrons. The number of halogens is 1. The summed E-state index contributed by atoms with van der Waals surface area (Å²) in [7, 11) is 1.99. The van der Waals surface area contributed by atoms with Gasteiger partial charge in [-0.1, -0.05) is 24.3 Å². The molecule has 0 aromatic heterocycles. The Labute approximate surface area is 132 Å². The van der Waals surface area contributed by atoms with Crippen LogP contribution in [0.1, 0.15) is 5.56 Å². The molecule has 2 aromatic carbocycles. The number of hydrogen-bond donors (Lipinski definition) is 2. The highest BCUT2D eigenvalue weighted by molar-refractivity contribution is 9.10. The molecule has 0 aliphatic carbocycles. The third-order valence-corrected chi connectivity index (χ3v) is 5.29. The number of phenolic OH excluding ortho intramolecular Hbond substituents is 1. The zero-order valence-electron chi connectivity index (χ0n) is 11.3. The van der Waals surface area contributed by atoms with E-state index in [-0.39, 0.29) is 0 Å². The molecule has 0 aliphatic rings. The molecule has 0 amide bonds. The van der Waals surface area contributed by atoms with E-state index in [1.165, 1.54) is 10.5 Å². The average Bonchev–Trinajstić information content (AvgIpc) is 2.47. The summed E-state index contributed by atoms with van der Waals surface area (Å²) in [5.74, 6) is 1.32. The molecule has 0 bridgehead atoms. The monoisotopic (exact) mass is 351 g/mol. The van der Waals surface area contributed by atoms with Crippen molar-refractivity contribution in [3.05, 3.63) is 58.6 Å². The molecular weight excluding hydrogens is 334 g/mol. The first-order valence-electron chi connectivity index (χ1n) is 6.51. The Balaban J connectivity index is 1.92. The number of phenols is 1. The lowest BCUT2D eigenvalue weighted by Gasteiger charge is -2.16. The lowest BCUT2D eigenvalue weighted by atomic mass is 10.1. The zero-order chi connectivity index (χ0) is 14.4. The zero-order valence-corrected chi connectivity index (χ0v) is 13.7. The van der Waals surface area contributed by atoms with Gasteiger partial charge in [-0.15, -0.1) is 11.8 Å². The third kappa shape index (κ3) is 4.54. The van der Waals surface area contributed by atoms with Crippen LogP contribution in [0, 0.1) is 0 Å². The van der Waals surface area contributed by atoms with Crippen LogP contribution in [0.25, 0.3) is 0 Å². The number of likely N-dealkylation sites (N-methyl/N-ethyl adjacent to an activating group) is 1. The molecule has 1 atom stereocenters. The molecule has 2 rings (SSSR count). The Morgan fingerprint density at radius 2 is 1.85 bits per heavy atom. The van der Waals surface area contributed by atoms with E-state index in [0.29, 0.717) is 11.8 Å². The predicted molar refractivity (Wildman–Crippen MR) is 89.5 cm³/mol. The molecule has 0 aliphatic heterocycles. The van der Waals surface area contributed by atoms with Gasteiger partial charge in [-0.25, -0.2) is 0 Å². The van der Waals surface area contributed by atoms with Gasteiger partial charge in [-0.3, -0.25) is 0 Å². The van der Waals surface area contributed by atoms with Crippen molar-refractivity contribution >= 4 is 27.7 Å². The van der Waals surface area contributed by atoms with E-state index in [2.05, 4.69) is 39.4 Å². The first-order chi connectivity index (χ1) is 9.69. The van der Waals surface area contributed by atoms with Gasteiger partial charge >= 0.3 is 0 Å². The minimum atomic E-state index is 0.317. The fraction of sp³-hybridized carbons (Fsp3) is 0.250. The molecule has 2 nitrogen and oxygen atoms in total. The van der Waals surface area contributed by atoms with Crippen molar-refractivity contribution in [2.75, 3.05) is 12.8 Å². The molecule has 0 saturated carbocycles. The standard InChI is InChI=1S/C16H18BrNOS/c1-18-13(10-12-6-8-14(19)9-7-12)11-20-16-5-3-2-4-15(16)17/h2-9,13,18-19H,10-11H2,1H3. The highest BCUT2D eigenvalue weighted by Gasteiger charge is 2.09. The maximum absolute atomic E-state index is 9.31. The van der Waals surface area contributed by atoms with Gasteiger partial charge in [0.15, 0.2) is 0 Å². The van der Waals surface area contributed by atoms with Crippen molar-refractivity contribution in [1.82, 2.24) is 5.32 Å². The fourth-order valence-corrected chi connectivity index (χ4v) is 3.59. The van der Waals surface area contributed by atoms with Crippen LogP contribution < -0.4 is 5.32 Å². The molecule has 0 fully saturated rings. The first-order valence-corrected chi connectivity index (χ1v) is 8.29. The normalized spacial score (nSPS) is 12.3. The van der Waals surface area contributed by atoms with Crippen LogP contribution in [0.4, 0.5) is 0 Å². The number of thioether (sulfide) groups is 1. The Hall–Kier alpha value is -0.970. The van der Waals surface area contributed by atoms with Gasteiger partial charge in [0.25, 0.3) is 0 Å². The number of rotatable bonds is 6. The smallest absolute Gasteiger partial charge is 0.115 e. The molecule has 2 aromatic rings. The van der Waals surface area contributed by atoms with Crippen molar-refractivity contribution in [1.29, 1.82) is 0 Å². The van der Waals surface area contributed by atoms with Crippen LogP contribution in [0.2, 0.25) is 0 Å². The largest absolute Gasteiger partial charge is 0.508 e. The summed E-state index contributed by atoms with van der Waals surface area (Å²) in [5, 5.41) is 12.7. The van der Waals surface area contributed by atoms with Crippen LogP contribution in [0.3, 0.4) is 0 Å². The quantitative estimate of drug-likeness (QED) is 0.769. The molecule has 1 unspecified atom stereocenters. The number of aromatic hydroxyl groups is 1. The number of nitrogens with one attached hydrogen (secondary N) is 1. The summed E-state index contributed by atoms with van der Waals surface area (Å²) in [5.41, 5.74) is 1.23. The number of benzene rings is 2. The molecule has 0 spiro atoms. The van der Waals surface area contributed by atoms with E-state index < -0.39 is 0 Å². The van der Waals surface area contributed by atoms with E-state index in [0.717, 1.165) is 16.6 Å². The van der Waals surface area contributed by atoms with E-state index in [1.807, 2.05) is 37.0 Å². The SMILES string of the molecule is CNC(CSc1ccccc1Br)Cc1ccc(O)cc1. The molecule has 0 radical (unpaired) electrons. The van der Waals surface area contributed by atoms with Gasteiger partial charge < -0.3 is 10.4 Å². The Morgan fingerprint density at radius 3 is 2.50 bits per heavy atom. The van der Waals surface area contributed by atoms with Crippen LogP contribution >= 0.6 is 27.7 Å². The van der Waals surface area contributed by atoms with Crippen LogP contribution in [0.5, 0.6) is 5.75 Å². The predicted octanol–water partition coefficient (Wildman–Crippen LogP) is 4.08. The van der Waals surface area contributed by atoms with Gasteiger partial charge in [0, 0.05) is 21.2 Å². The minimum Gasteiger partial charge on any atom is -0.508 e. The molecular formula is C16H18BrNOS. The van der Waals surface area contributed by atoms with E-state index >= 15 is 0 Å². The summed E-state index contributed by atoms with van der Waals surface area (Å²) in [4.78, 5) is 1.26. The van der Waals surface area contributed by atoms with Crippen molar-refractivity contribution < 1.29 is 5.11 Å². The minimum absolute atomic E-state index is 0.317. The van der Waals surface area contributed by atoms with Crippen LogP contribution in [-0.2, 0) is 6.42 Å². The van der Waals surface area contributed by atoms with Crippen molar-refractivity contribution in [2.45, 2.75) is 17.4 Å². The van der Waals surface area contributed by atoms with Crippen molar-refractivity contribution in [3.8, 4) is 5.75 Å². The lowest BCUT2D eigenvalue weighted by molar-refractivity contribution is 0.475. The van der Waals surface area contributed by atoms with Crippen molar-refractivity contribution in [3.63, 3.8) is 0 Å². The molecule has 2 N–H and O–H groups in total. The summed E-state index contributed by atoms with van der Waals surface area (Å²) >= 11 is 5.42. The van der Waals surface area contributed by atoms with E-state index in [1.54, 1.807) is 12.1 Å². The molecule has 4 heteroatoms. The molecule has 20 heavy (non-hydrogen) atoms. The van der Waals surface area contributed by atoms with Crippen LogP contribution in [0.15, 0.2) is 57.9 Å². The summed E-state index contributed by atoms with van der Waals surface area (Å²) in [6.45, 7) is 0. The van der Waals surface area contributed by atoms with Gasteiger partial charge in [0.1, 0.15) is 5.75 Å². The fourth-order valence-electron chi connectivity index (χ4n) is 1.91. The average molecular weight is 352 g/mol. The second kappa shape index (κ2) is 7.72. The Bertz CT molecular complexity index is 544. The maximum Gasteiger partial charge on any atom is 0.115 e. The summed E-state index contributed by atoms with van der Waals surface area (Å²) < 4.78 is 1.14. The van der Waals surface area contributed by atoms with Gasteiger partial charge in [0.05, 0.1) is 0 Å². The van der Waals surface area contributed by atoms with E-state index in [9.17, 15) is 5.11 Å². The molecule has 0 saturated heterocycles. The lowest BCUT2D eigenvalue weighted by Crippen LogP contribution is -2.30. The summed E-state index contributed by atoms with van der Waals surface area (Å²) in [6.07, 6.45) is 0.953. The van der Waals surface area contributed by atoms with Gasteiger partial charge in [-0.2, -0.15) is 0 Å². The van der Waals surface area contributed by atoms with E-state index in [4.69, 9.17) is 0 Å². The second-order valence-corrected chi connectivity index (χ2v) is 6.51. The Kier molecular flexibility index (Phi) is 5.95.